The van der Waals surface area contributed by atoms with Crippen molar-refractivity contribution in [3.63, 3.8) is 0 Å². The molecule has 6 nitrogen and oxygen atoms in total. The first-order valence-electron chi connectivity index (χ1n) is 6.62. The third-order valence-electron chi connectivity index (χ3n) is 2.78. The Morgan fingerprint density at radius 3 is 2.85 bits per heavy atom. The van der Waals surface area contributed by atoms with E-state index >= 15 is 0 Å². The van der Waals surface area contributed by atoms with Gasteiger partial charge in [0.05, 0.1) is 6.04 Å². The van der Waals surface area contributed by atoms with Crippen molar-refractivity contribution in [3.8, 4) is 0 Å². The molecule has 0 fully saturated rings. The third-order valence-corrected chi connectivity index (χ3v) is 2.78. The molecule has 1 atom stereocenters. The van der Waals surface area contributed by atoms with Gasteiger partial charge in [0.1, 0.15) is 29.8 Å². The van der Waals surface area contributed by atoms with Gasteiger partial charge in [-0.25, -0.2) is 9.97 Å². The van der Waals surface area contributed by atoms with E-state index in [2.05, 4.69) is 15.3 Å². The minimum Gasteiger partial charge on any atom is -0.464 e. The number of aromatic nitrogens is 2. The van der Waals surface area contributed by atoms with E-state index in [0.29, 0.717) is 30.7 Å². The van der Waals surface area contributed by atoms with E-state index in [4.69, 9.17) is 14.9 Å². The monoisotopic (exact) mass is 276 g/mol. The second-order valence-corrected chi connectivity index (χ2v) is 4.55. The number of aryl methyl sites for hydroxylation is 1. The highest BCUT2D eigenvalue weighted by molar-refractivity contribution is 5.45. The Kier molecular flexibility index (Phi) is 4.57. The first-order valence-corrected chi connectivity index (χ1v) is 6.62. The molecule has 20 heavy (non-hydrogen) atoms. The summed E-state index contributed by atoms with van der Waals surface area (Å²) < 4.78 is 10.9. The zero-order chi connectivity index (χ0) is 14.5. The molecule has 0 saturated carbocycles. The molecule has 0 radical (unpaired) electrons. The molecule has 2 aromatic rings. The first-order chi connectivity index (χ1) is 9.58. The van der Waals surface area contributed by atoms with E-state index < -0.39 is 0 Å². The van der Waals surface area contributed by atoms with E-state index in [0.717, 1.165) is 11.5 Å². The molecular weight excluding hydrogens is 256 g/mol. The summed E-state index contributed by atoms with van der Waals surface area (Å²) in [5.41, 5.74) is 5.78. The van der Waals surface area contributed by atoms with Crippen molar-refractivity contribution in [2.75, 3.05) is 17.7 Å². The summed E-state index contributed by atoms with van der Waals surface area (Å²) in [5, 5.41) is 3.25. The quantitative estimate of drug-likeness (QED) is 0.843. The molecule has 0 saturated heterocycles. The van der Waals surface area contributed by atoms with Crippen molar-refractivity contribution in [2.45, 2.75) is 33.4 Å². The normalized spacial score (nSPS) is 12.3. The molecule has 0 spiro atoms. The van der Waals surface area contributed by atoms with Crippen LogP contribution in [0, 0.1) is 6.92 Å². The van der Waals surface area contributed by atoms with Gasteiger partial charge < -0.3 is 20.2 Å². The number of hydrogen-bond donors (Lipinski definition) is 2. The van der Waals surface area contributed by atoms with Gasteiger partial charge in [-0.2, -0.15) is 0 Å². The maximum absolute atomic E-state index is 5.78. The molecule has 0 bridgehead atoms. The van der Waals surface area contributed by atoms with E-state index in [1.807, 2.05) is 32.9 Å². The molecule has 0 aliphatic carbocycles. The van der Waals surface area contributed by atoms with Crippen molar-refractivity contribution in [1.29, 1.82) is 0 Å². The lowest BCUT2D eigenvalue weighted by atomic mass is 10.2. The second kappa shape index (κ2) is 6.38. The molecule has 2 aromatic heterocycles. The van der Waals surface area contributed by atoms with E-state index in [-0.39, 0.29) is 6.04 Å². The fourth-order valence-corrected chi connectivity index (χ4v) is 1.83. The zero-order valence-corrected chi connectivity index (χ0v) is 12.0. The summed E-state index contributed by atoms with van der Waals surface area (Å²) in [6.45, 7) is 6.80. The van der Waals surface area contributed by atoms with Crippen LogP contribution in [0.1, 0.15) is 37.2 Å². The Labute approximate surface area is 118 Å². The number of nitrogens with one attached hydrogen (secondary N) is 1. The lowest BCUT2D eigenvalue weighted by molar-refractivity contribution is 0.128. The van der Waals surface area contributed by atoms with E-state index in [1.165, 1.54) is 0 Å². The highest BCUT2D eigenvalue weighted by Crippen LogP contribution is 2.20. The third kappa shape index (κ3) is 3.71. The number of nitrogens with zero attached hydrogens (tertiary/aromatic N) is 2. The lowest BCUT2D eigenvalue weighted by Crippen LogP contribution is -2.10. The van der Waals surface area contributed by atoms with Gasteiger partial charge >= 0.3 is 0 Å². The standard InChI is InChI=1S/C14H20N4O2/c1-4-19-8-14-17-12(15)7-13(18-14)16-10(3)11-6-5-9(2)20-11/h5-7,10H,4,8H2,1-3H3,(H3,15,16,17,18). The summed E-state index contributed by atoms with van der Waals surface area (Å²) in [6, 6.07) is 5.57. The van der Waals surface area contributed by atoms with Gasteiger partial charge in [-0.3, -0.25) is 0 Å². The molecular formula is C14H20N4O2. The summed E-state index contributed by atoms with van der Waals surface area (Å²) in [5.74, 6) is 3.38. The van der Waals surface area contributed by atoms with Crippen molar-refractivity contribution in [3.05, 3.63) is 35.5 Å². The number of furan rings is 1. The Morgan fingerprint density at radius 2 is 2.20 bits per heavy atom. The SMILES string of the molecule is CCOCc1nc(N)cc(NC(C)c2ccc(C)o2)n1. The number of ether oxygens (including phenoxy) is 1. The van der Waals surface area contributed by atoms with Crippen LogP contribution in [0.4, 0.5) is 11.6 Å². The summed E-state index contributed by atoms with van der Waals surface area (Å²) in [4.78, 5) is 8.51. The van der Waals surface area contributed by atoms with Gasteiger partial charge in [-0.1, -0.05) is 0 Å². The zero-order valence-electron chi connectivity index (χ0n) is 12.0. The fourth-order valence-electron chi connectivity index (χ4n) is 1.83. The van der Waals surface area contributed by atoms with Crippen LogP contribution in [0.5, 0.6) is 0 Å². The molecule has 2 heterocycles. The van der Waals surface area contributed by atoms with Gasteiger partial charge in [-0.15, -0.1) is 0 Å². The smallest absolute Gasteiger partial charge is 0.158 e. The van der Waals surface area contributed by atoms with Crippen molar-refractivity contribution in [2.24, 2.45) is 0 Å². The van der Waals surface area contributed by atoms with Crippen LogP contribution in [0.25, 0.3) is 0 Å². The summed E-state index contributed by atoms with van der Waals surface area (Å²) in [6.07, 6.45) is 0. The fraction of sp³-hybridized carbons (Fsp3) is 0.429. The molecule has 108 valence electrons. The van der Waals surface area contributed by atoms with Crippen LogP contribution in [0.2, 0.25) is 0 Å². The molecule has 1 unspecified atom stereocenters. The number of nitrogen functional groups attached to an aromatic ring is 1. The maximum atomic E-state index is 5.78. The highest BCUT2D eigenvalue weighted by Gasteiger charge is 2.11. The van der Waals surface area contributed by atoms with Crippen molar-refractivity contribution < 1.29 is 9.15 Å². The number of nitrogens with two attached hydrogens (primary N) is 1. The Morgan fingerprint density at radius 1 is 1.40 bits per heavy atom. The van der Waals surface area contributed by atoms with Crippen LogP contribution in [-0.4, -0.2) is 16.6 Å². The van der Waals surface area contributed by atoms with Crippen molar-refractivity contribution >= 4 is 11.6 Å². The Balaban J connectivity index is 2.10. The summed E-state index contributed by atoms with van der Waals surface area (Å²) in [7, 11) is 0. The lowest BCUT2D eigenvalue weighted by Gasteiger charge is -2.13. The van der Waals surface area contributed by atoms with E-state index in [9.17, 15) is 0 Å². The van der Waals surface area contributed by atoms with Crippen LogP contribution < -0.4 is 11.1 Å². The molecule has 0 aliphatic rings. The first kappa shape index (κ1) is 14.3. The molecule has 0 amide bonds. The summed E-state index contributed by atoms with van der Waals surface area (Å²) >= 11 is 0. The molecule has 2 rings (SSSR count). The van der Waals surface area contributed by atoms with Crippen LogP contribution in [0.15, 0.2) is 22.6 Å². The van der Waals surface area contributed by atoms with Gasteiger partial charge in [0.15, 0.2) is 5.82 Å². The Hall–Kier alpha value is -2.08. The average Bonchev–Trinajstić information content (AvgIpc) is 2.82. The minimum atomic E-state index is -0.00190. The second-order valence-electron chi connectivity index (χ2n) is 4.55. The van der Waals surface area contributed by atoms with Crippen LogP contribution in [0.3, 0.4) is 0 Å². The molecule has 0 aromatic carbocycles. The van der Waals surface area contributed by atoms with E-state index in [1.54, 1.807) is 6.07 Å². The molecule has 3 N–H and O–H groups in total. The number of hydrogen-bond acceptors (Lipinski definition) is 6. The molecule has 6 heteroatoms. The largest absolute Gasteiger partial charge is 0.464 e. The molecule has 0 aliphatic heterocycles. The predicted octanol–water partition coefficient (Wildman–Crippen LogP) is 2.67. The van der Waals surface area contributed by atoms with Crippen molar-refractivity contribution in [1.82, 2.24) is 9.97 Å². The van der Waals surface area contributed by atoms with Gasteiger partial charge in [0.25, 0.3) is 0 Å². The number of rotatable bonds is 6. The number of anilines is 2. The average molecular weight is 276 g/mol. The Bertz CT molecular complexity index is 568. The minimum absolute atomic E-state index is 0.00190. The van der Waals surface area contributed by atoms with Gasteiger partial charge in [0, 0.05) is 12.7 Å². The van der Waals surface area contributed by atoms with Crippen LogP contribution >= 0.6 is 0 Å². The topological polar surface area (TPSA) is 86.2 Å². The highest BCUT2D eigenvalue weighted by atomic mass is 16.5. The van der Waals surface area contributed by atoms with Gasteiger partial charge in [0.2, 0.25) is 0 Å². The maximum Gasteiger partial charge on any atom is 0.158 e. The van der Waals surface area contributed by atoms with Crippen LogP contribution in [-0.2, 0) is 11.3 Å². The predicted molar refractivity (Wildman–Crippen MR) is 77.3 cm³/mol. The van der Waals surface area contributed by atoms with Gasteiger partial charge in [-0.05, 0) is 32.9 Å².